The first kappa shape index (κ1) is 18.0. The molecule has 0 N–H and O–H groups in total. The van der Waals surface area contributed by atoms with Gasteiger partial charge in [0.1, 0.15) is 0 Å². The summed E-state index contributed by atoms with van der Waals surface area (Å²) in [5.74, 6) is 0. The molecule has 0 bridgehead atoms. The largest absolute Gasteiger partial charge is 0.0984 e. The fraction of sp³-hybridized carbons (Fsp3) is 0.882. The molecule has 0 amide bonds. The normalized spacial score (nSPS) is 12.4. The predicted octanol–water partition coefficient (Wildman–Crippen LogP) is 6.73. The Bertz CT molecular complexity index is 188. The smallest absolute Gasteiger partial charge is 0.0743 e. The van der Waals surface area contributed by atoms with E-state index in [9.17, 15) is 0 Å². The molecule has 0 spiro atoms. The number of rotatable bonds is 12. The van der Waals surface area contributed by atoms with Crippen LogP contribution in [0.25, 0.3) is 0 Å². The van der Waals surface area contributed by atoms with Gasteiger partial charge in [0.05, 0.1) is 8.07 Å². The lowest BCUT2D eigenvalue weighted by Crippen LogP contribution is -2.27. The maximum atomic E-state index is 2.67. The lowest BCUT2D eigenvalue weighted by molar-refractivity contribution is 0.674. The minimum atomic E-state index is -1.04. The Morgan fingerprint density at radius 2 is 1.28 bits per heavy atom. The Kier molecular flexibility index (Phi) is 12.0. The van der Waals surface area contributed by atoms with Crippen LogP contribution in [0.1, 0.15) is 78.6 Å². The molecule has 0 heterocycles. The second kappa shape index (κ2) is 12.0. The Morgan fingerprint density at radius 3 is 1.78 bits per heavy atom. The molecule has 0 nitrogen and oxygen atoms in total. The summed E-state index contributed by atoms with van der Waals surface area (Å²) in [7, 11) is -1.04. The number of unbranched alkanes of at least 4 members (excludes halogenated alkanes) is 6. The molecule has 0 saturated heterocycles. The topological polar surface area (TPSA) is 0 Å². The molecule has 18 heavy (non-hydrogen) atoms. The quantitative estimate of drug-likeness (QED) is 0.272. The van der Waals surface area contributed by atoms with Gasteiger partial charge in [-0.3, -0.25) is 0 Å². The van der Waals surface area contributed by atoms with Crippen molar-refractivity contribution in [3.05, 3.63) is 11.8 Å². The van der Waals surface area contributed by atoms with Crippen molar-refractivity contribution in [3.8, 4) is 0 Å². The summed E-state index contributed by atoms with van der Waals surface area (Å²) in [6.45, 7) is 9.53. The van der Waals surface area contributed by atoms with Gasteiger partial charge in [0, 0.05) is 0 Å². The average Bonchev–Trinajstić information content (AvgIpc) is 2.38. The van der Waals surface area contributed by atoms with Crippen LogP contribution in [-0.2, 0) is 0 Å². The van der Waals surface area contributed by atoms with Gasteiger partial charge in [-0.15, -0.1) is 0 Å². The Hall–Kier alpha value is -0.0431. The number of allylic oxidation sites excluding steroid dienone is 1. The molecule has 0 aromatic rings. The van der Waals surface area contributed by atoms with Crippen LogP contribution in [-0.4, -0.2) is 8.07 Å². The van der Waals surface area contributed by atoms with Crippen molar-refractivity contribution in [1.82, 2.24) is 0 Å². The molecule has 0 aromatic carbocycles. The van der Waals surface area contributed by atoms with Crippen LogP contribution < -0.4 is 0 Å². The van der Waals surface area contributed by atoms with E-state index < -0.39 is 8.07 Å². The van der Waals surface area contributed by atoms with Crippen molar-refractivity contribution in [2.45, 2.75) is 97.2 Å². The van der Waals surface area contributed by atoms with Crippen LogP contribution in [0.2, 0.25) is 18.6 Å². The fourth-order valence-electron chi connectivity index (χ4n) is 2.51. The molecular formula is C17H36Si. The molecular weight excluding hydrogens is 232 g/mol. The second-order valence-electron chi connectivity index (χ2n) is 6.11. The van der Waals surface area contributed by atoms with Gasteiger partial charge in [-0.2, -0.15) is 0 Å². The first-order valence-electron chi connectivity index (χ1n) is 8.36. The van der Waals surface area contributed by atoms with E-state index in [0.717, 1.165) is 0 Å². The average molecular weight is 269 g/mol. The zero-order valence-electron chi connectivity index (χ0n) is 13.4. The van der Waals surface area contributed by atoms with Crippen molar-refractivity contribution >= 4 is 8.07 Å². The van der Waals surface area contributed by atoms with Crippen LogP contribution in [0.3, 0.4) is 0 Å². The van der Waals surface area contributed by atoms with E-state index in [2.05, 4.69) is 39.1 Å². The van der Waals surface area contributed by atoms with Crippen molar-refractivity contribution in [2.24, 2.45) is 0 Å². The molecule has 0 aliphatic carbocycles. The van der Waals surface area contributed by atoms with Gasteiger partial charge >= 0.3 is 0 Å². The van der Waals surface area contributed by atoms with E-state index in [0.29, 0.717) is 0 Å². The maximum absolute atomic E-state index is 2.67. The maximum Gasteiger partial charge on any atom is 0.0743 e. The zero-order chi connectivity index (χ0) is 13.7. The van der Waals surface area contributed by atoms with Crippen LogP contribution in [0, 0.1) is 0 Å². The molecule has 0 atom stereocenters. The van der Waals surface area contributed by atoms with Gasteiger partial charge in [-0.25, -0.2) is 0 Å². The SMILES string of the molecule is CCCCCCC=C[Si](C)(CCCC)CCCC. The van der Waals surface area contributed by atoms with Crippen LogP contribution in [0.15, 0.2) is 11.8 Å². The molecule has 0 aliphatic rings. The zero-order valence-corrected chi connectivity index (χ0v) is 14.4. The molecule has 0 aromatic heterocycles. The molecule has 108 valence electrons. The minimum absolute atomic E-state index is 1.04. The van der Waals surface area contributed by atoms with E-state index in [4.69, 9.17) is 0 Å². The highest BCUT2D eigenvalue weighted by molar-refractivity contribution is 6.83. The molecule has 0 aliphatic heterocycles. The summed E-state index contributed by atoms with van der Waals surface area (Å²) in [5.41, 5.74) is 2.67. The molecule has 0 rings (SSSR count). The third-order valence-corrected chi connectivity index (χ3v) is 7.98. The monoisotopic (exact) mass is 268 g/mol. The summed E-state index contributed by atoms with van der Waals surface area (Å²) >= 11 is 0. The highest BCUT2D eigenvalue weighted by atomic mass is 28.3. The van der Waals surface area contributed by atoms with E-state index in [1.165, 1.54) is 69.9 Å². The van der Waals surface area contributed by atoms with Crippen LogP contribution >= 0.6 is 0 Å². The van der Waals surface area contributed by atoms with Crippen molar-refractivity contribution in [1.29, 1.82) is 0 Å². The van der Waals surface area contributed by atoms with Crippen LogP contribution in [0.4, 0.5) is 0 Å². The van der Waals surface area contributed by atoms with Crippen LogP contribution in [0.5, 0.6) is 0 Å². The van der Waals surface area contributed by atoms with E-state index in [-0.39, 0.29) is 0 Å². The molecule has 0 fully saturated rings. The van der Waals surface area contributed by atoms with Gasteiger partial charge < -0.3 is 0 Å². The third kappa shape index (κ3) is 9.93. The summed E-state index contributed by atoms with van der Waals surface area (Å²) in [5, 5.41) is 0. The van der Waals surface area contributed by atoms with Gasteiger partial charge in [0.15, 0.2) is 0 Å². The van der Waals surface area contributed by atoms with E-state index in [1.807, 2.05) is 0 Å². The first-order valence-corrected chi connectivity index (χ1v) is 11.4. The lowest BCUT2D eigenvalue weighted by atomic mass is 10.2. The van der Waals surface area contributed by atoms with Crippen molar-refractivity contribution < 1.29 is 0 Å². The molecule has 1 heteroatoms. The molecule has 0 saturated carbocycles. The molecule has 0 unspecified atom stereocenters. The number of hydrogen-bond donors (Lipinski definition) is 0. The van der Waals surface area contributed by atoms with Gasteiger partial charge in [0.2, 0.25) is 0 Å². The highest BCUT2D eigenvalue weighted by Crippen LogP contribution is 2.23. The van der Waals surface area contributed by atoms with E-state index in [1.54, 1.807) is 0 Å². The summed E-state index contributed by atoms with van der Waals surface area (Å²) in [4.78, 5) is 0. The lowest BCUT2D eigenvalue weighted by Gasteiger charge is -2.23. The van der Waals surface area contributed by atoms with Crippen molar-refractivity contribution in [3.63, 3.8) is 0 Å². The minimum Gasteiger partial charge on any atom is -0.0984 e. The first-order chi connectivity index (χ1) is 8.68. The third-order valence-electron chi connectivity index (χ3n) is 3.95. The summed E-state index contributed by atoms with van der Waals surface area (Å²) in [6.07, 6.45) is 15.0. The Balaban J connectivity index is 4.00. The van der Waals surface area contributed by atoms with Crippen molar-refractivity contribution in [2.75, 3.05) is 0 Å². The second-order valence-corrected chi connectivity index (χ2v) is 10.8. The standard InChI is InChI=1S/C17H36Si/c1-5-8-11-12-13-14-17-18(4,15-9-6-2)16-10-7-3/h14,17H,5-13,15-16H2,1-4H3. The Morgan fingerprint density at radius 1 is 0.722 bits per heavy atom. The Labute approximate surface area is 117 Å². The van der Waals surface area contributed by atoms with Gasteiger partial charge in [-0.05, 0) is 12.8 Å². The fourth-order valence-corrected chi connectivity index (χ4v) is 6.15. The van der Waals surface area contributed by atoms with Gasteiger partial charge in [0.25, 0.3) is 0 Å². The van der Waals surface area contributed by atoms with Gasteiger partial charge in [-0.1, -0.05) is 96.1 Å². The highest BCUT2D eigenvalue weighted by Gasteiger charge is 2.21. The number of hydrogen-bond acceptors (Lipinski definition) is 0. The summed E-state index contributed by atoms with van der Waals surface area (Å²) in [6, 6.07) is 3.02. The summed E-state index contributed by atoms with van der Waals surface area (Å²) < 4.78 is 0. The predicted molar refractivity (Wildman–Crippen MR) is 88.9 cm³/mol. The molecule has 0 radical (unpaired) electrons. The van der Waals surface area contributed by atoms with E-state index >= 15 is 0 Å².